The maximum absolute atomic E-state index is 12.9. The lowest BCUT2D eigenvalue weighted by Crippen LogP contribution is -2.48. The Bertz CT molecular complexity index is 638. The summed E-state index contributed by atoms with van der Waals surface area (Å²) in [5.41, 5.74) is -3.96. The topological polar surface area (TPSA) is 55.8 Å². The zero-order valence-corrected chi connectivity index (χ0v) is 12.6. The lowest BCUT2D eigenvalue weighted by Gasteiger charge is -2.23. The van der Waals surface area contributed by atoms with Crippen molar-refractivity contribution >= 4 is 24.5 Å². The lowest BCUT2D eigenvalue weighted by atomic mass is 9.76. The largest absolute Gasteiger partial charge is 0.636 e. The quantitative estimate of drug-likeness (QED) is 0.554. The van der Waals surface area contributed by atoms with Gasteiger partial charge in [0.2, 0.25) is 0 Å². The summed E-state index contributed by atoms with van der Waals surface area (Å²) in [7, 11) is -0.619. The molecule has 0 aliphatic carbocycles. The number of hydrogen-bond donors (Lipinski definition) is 0. The minimum atomic E-state index is -5.08. The molecule has 2 rings (SSSR count). The fraction of sp³-hybridized carbons (Fsp3) is 0.385. The van der Waals surface area contributed by atoms with E-state index in [1.165, 1.54) is 11.9 Å². The van der Waals surface area contributed by atoms with Crippen molar-refractivity contribution in [2.45, 2.75) is 12.4 Å². The third-order valence-electron chi connectivity index (χ3n) is 3.16. The average molecular weight is 369 g/mol. The van der Waals surface area contributed by atoms with Crippen LogP contribution in [0.2, 0.25) is 0 Å². The van der Waals surface area contributed by atoms with Crippen molar-refractivity contribution in [1.82, 2.24) is 4.90 Å². The molecule has 1 aromatic carbocycles. The Hall–Kier alpha value is -2.24. The van der Waals surface area contributed by atoms with Crippen molar-refractivity contribution in [2.75, 3.05) is 20.1 Å². The molecule has 0 radical (unpaired) electrons. The molecule has 0 N–H and O–H groups in total. The molecule has 1 heterocycles. The maximum Gasteiger partial charge on any atom is 0.636 e. The number of carbonyl (C=O) groups is 2. The summed E-state index contributed by atoms with van der Waals surface area (Å²) in [5, 5.41) is 0. The van der Waals surface area contributed by atoms with Gasteiger partial charge in [-0.25, -0.2) is 0 Å². The number of rotatable bonds is 1. The van der Waals surface area contributed by atoms with E-state index in [1.807, 2.05) is 0 Å². The molecule has 5 nitrogen and oxygen atoms in total. The summed E-state index contributed by atoms with van der Waals surface area (Å²) in [5.74, 6) is -1.93. The molecule has 12 heteroatoms. The van der Waals surface area contributed by atoms with Gasteiger partial charge in [0.15, 0.2) is 0 Å². The van der Waals surface area contributed by atoms with E-state index in [2.05, 4.69) is 0 Å². The fourth-order valence-corrected chi connectivity index (χ4v) is 2.09. The molecule has 1 saturated heterocycles. The van der Waals surface area contributed by atoms with E-state index in [-0.39, 0.29) is 19.2 Å². The van der Waals surface area contributed by atoms with Crippen molar-refractivity contribution in [1.29, 1.82) is 0 Å². The Labute approximate surface area is 137 Å². The van der Waals surface area contributed by atoms with Gasteiger partial charge in [-0.2, -0.15) is 26.3 Å². The Kier molecular flexibility index (Phi) is 5.03. The van der Waals surface area contributed by atoms with Crippen molar-refractivity contribution in [3.8, 4) is 0 Å². The van der Waals surface area contributed by atoms with Crippen LogP contribution < -0.4 is 5.46 Å². The fourth-order valence-electron chi connectivity index (χ4n) is 2.09. The van der Waals surface area contributed by atoms with Crippen LogP contribution >= 0.6 is 0 Å². The van der Waals surface area contributed by atoms with Gasteiger partial charge in [0.1, 0.15) is 0 Å². The molecule has 0 spiro atoms. The van der Waals surface area contributed by atoms with Crippen LogP contribution in [-0.4, -0.2) is 44.1 Å². The van der Waals surface area contributed by atoms with Crippen LogP contribution in [0.5, 0.6) is 0 Å². The number of nitrogens with zero attached hydrogens (tertiary/aromatic N) is 1. The van der Waals surface area contributed by atoms with Crippen LogP contribution in [0.25, 0.3) is 0 Å². The Balaban J connectivity index is 2.48. The minimum Gasteiger partial charge on any atom is -0.494 e. The highest BCUT2D eigenvalue weighted by atomic mass is 19.4. The molecule has 1 fully saturated rings. The summed E-state index contributed by atoms with van der Waals surface area (Å²) >= 11 is 0. The number of benzene rings is 1. The van der Waals surface area contributed by atoms with E-state index in [4.69, 9.17) is 9.31 Å². The highest BCUT2D eigenvalue weighted by Crippen LogP contribution is 2.34. The van der Waals surface area contributed by atoms with Crippen molar-refractivity contribution < 1.29 is 45.2 Å². The Morgan fingerprint density at radius 3 is 1.64 bits per heavy atom. The molecule has 0 saturated carbocycles. The van der Waals surface area contributed by atoms with Crippen molar-refractivity contribution in [2.24, 2.45) is 0 Å². The van der Waals surface area contributed by atoms with Crippen LogP contribution in [0.1, 0.15) is 11.1 Å². The van der Waals surface area contributed by atoms with E-state index < -0.39 is 48.0 Å². The van der Waals surface area contributed by atoms with Gasteiger partial charge in [-0.1, -0.05) is 0 Å². The Morgan fingerprint density at radius 1 is 0.880 bits per heavy atom. The highest BCUT2D eigenvalue weighted by molar-refractivity contribution is 6.64. The third kappa shape index (κ3) is 4.87. The summed E-state index contributed by atoms with van der Waals surface area (Å²) < 4.78 is 86.6. The summed E-state index contributed by atoms with van der Waals surface area (Å²) in [4.78, 5) is 24.4. The van der Waals surface area contributed by atoms with Gasteiger partial charge in [0.25, 0.3) is 0 Å². The number of hydrogen-bond acceptors (Lipinski definition) is 5. The summed E-state index contributed by atoms with van der Waals surface area (Å²) in [6.45, 7) is -0.757. The van der Waals surface area contributed by atoms with Gasteiger partial charge < -0.3 is 9.31 Å². The number of halogens is 6. The van der Waals surface area contributed by atoms with Gasteiger partial charge in [0, 0.05) is 5.46 Å². The van der Waals surface area contributed by atoms with E-state index in [9.17, 15) is 35.9 Å². The molecule has 25 heavy (non-hydrogen) atoms. The van der Waals surface area contributed by atoms with Crippen LogP contribution in [0.15, 0.2) is 18.2 Å². The molecule has 1 aromatic rings. The predicted octanol–water partition coefficient (Wildman–Crippen LogP) is 1.45. The van der Waals surface area contributed by atoms with Crippen LogP contribution in [0, 0.1) is 0 Å². The maximum atomic E-state index is 12.9. The molecular weight excluding hydrogens is 359 g/mol. The lowest BCUT2D eigenvalue weighted by molar-refractivity contribution is -0.145. The van der Waals surface area contributed by atoms with Crippen LogP contribution in [0.4, 0.5) is 26.3 Å². The number of carbonyl (C=O) groups excluding carboxylic acids is 2. The molecule has 136 valence electrons. The standard InChI is InChI=1S/C13H10BF6NO4/c1-21-5-10(22)24-14(25-11(23)6-21)9-3-7(12(15,16)17)2-8(4-9)13(18,19)20/h2-4H,5-6H2,1H3. The molecule has 0 atom stereocenters. The summed E-state index contributed by atoms with van der Waals surface area (Å²) in [6, 6.07) is 0.599. The summed E-state index contributed by atoms with van der Waals surface area (Å²) in [6.07, 6.45) is -10.2. The molecule has 0 aromatic heterocycles. The van der Waals surface area contributed by atoms with E-state index >= 15 is 0 Å². The zero-order valence-electron chi connectivity index (χ0n) is 12.6. The first-order chi connectivity index (χ1) is 11.4. The first-order valence-electron chi connectivity index (χ1n) is 6.73. The molecule has 1 aliphatic heterocycles. The first kappa shape index (κ1) is 19.1. The van der Waals surface area contributed by atoms with Gasteiger partial charge >= 0.3 is 31.4 Å². The second kappa shape index (κ2) is 6.58. The Morgan fingerprint density at radius 2 is 1.28 bits per heavy atom. The second-order valence-electron chi connectivity index (χ2n) is 5.32. The zero-order chi connectivity index (χ0) is 19.0. The minimum absolute atomic E-state index is 0.0795. The van der Waals surface area contributed by atoms with Crippen molar-refractivity contribution in [3.63, 3.8) is 0 Å². The van der Waals surface area contributed by atoms with Gasteiger partial charge in [-0.05, 0) is 25.2 Å². The normalized spacial score (nSPS) is 17.6. The molecule has 0 unspecified atom stereocenters. The van der Waals surface area contributed by atoms with Crippen LogP contribution in [-0.2, 0) is 31.3 Å². The van der Waals surface area contributed by atoms with Gasteiger partial charge in [0.05, 0.1) is 24.2 Å². The van der Waals surface area contributed by atoms with Gasteiger partial charge in [-0.3, -0.25) is 14.5 Å². The molecule has 0 bridgehead atoms. The number of likely N-dealkylation sites (N-methyl/N-ethyl adjacent to an activating group) is 1. The van der Waals surface area contributed by atoms with E-state index in [0.29, 0.717) is 12.1 Å². The highest BCUT2D eigenvalue weighted by Gasteiger charge is 2.41. The first-order valence-corrected chi connectivity index (χ1v) is 6.73. The number of alkyl halides is 6. The van der Waals surface area contributed by atoms with Gasteiger partial charge in [-0.15, -0.1) is 0 Å². The van der Waals surface area contributed by atoms with Crippen molar-refractivity contribution in [3.05, 3.63) is 29.3 Å². The van der Waals surface area contributed by atoms with E-state index in [1.54, 1.807) is 0 Å². The third-order valence-corrected chi connectivity index (χ3v) is 3.16. The SMILES string of the molecule is CN1CC(=O)OB(c2cc(C(F)(F)F)cc(C(F)(F)F)c2)OC(=O)C1. The van der Waals surface area contributed by atoms with Crippen LogP contribution in [0.3, 0.4) is 0 Å². The average Bonchev–Trinajstić information content (AvgIpc) is 2.42. The molecule has 0 amide bonds. The molecule has 1 aliphatic rings. The van der Waals surface area contributed by atoms with E-state index in [0.717, 1.165) is 0 Å². The second-order valence-corrected chi connectivity index (χ2v) is 5.32. The predicted molar refractivity (Wildman–Crippen MR) is 71.5 cm³/mol. The molecular formula is C13H10BF6NO4. The monoisotopic (exact) mass is 369 g/mol. The smallest absolute Gasteiger partial charge is 0.494 e.